The number of nitrogens with zero attached hydrogens (tertiary/aromatic N) is 3. The minimum atomic E-state index is 0.0437. The number of hydrogen-bond donors (Lipinski definition) is 1. The maximum Gasteiger partial charge on any atom is 0.143 e. The van der Waals surface area contributed by atoms with Crippen LogP contribution in [0.25, 0.3) is 0 Å². The summed E-state index contributed by atoms with van der Waals surface area (Å²) < 4.78 is 2.37. The molecule has 0 bridgehead atoms. The molecule has 1 fully saturated rings. The third-order valence-electron chi connectivity index (χ3n) is 4.82. The van der Waals surface area contributed by atoms with Crippen molar-refractivity contribution in [3.05, 3.63) is 47.5 Å². The maximum absolute atomic E-state index is 4.60. The van der Waals surface area contributed by atoms with E-state index in [1.165, 1.54) is 23.6 Å². The van der Waals surface area contributed by atoms with Crippen molar-refractivity contribution in [1.82, 2.24) is 20.1 Å². The van der Waals surface area contributed by atoms with E-state index in [-0.39, 0.29) is 5.41 Å². The summed E-state index contributed by atoms with van der Waals surface area (Å²) in [6.07, 6.45) is 4.50. The molecule has 4 nitrogen and oxygen atoms in total. The SMILES string of the molecule is c1ccc(C2(c3nnc4n3CCC4)CCNCC2)cc1. The minimum absolute atomic E-state index is 0.0437. The Morgan fingerprint density at radius 1 is 1.05 bits per heavy atom. The van der Waals surface area contributed by atoms with Crippen molar-refractivity contribution in [2.24, 2.45) is 0 Å². The molecule has 0 atom stereocenters. The lowest BCUT2D eigenvalue weighted by Crippen LogP contribution is -2.42. The van der Waals surface area contributed by atoms with E-state index >= 15 is 0 Å². The van der Waals surface area contributed by atoms with Crippen molar-refractivity contribution in [3.8, 4) is 0 Å². The molecule has 0 amide bonds. The zero-order chi connectivity index (χ0) is 13.4. The van der Waals surface area contributed by atoms with Gasteiger partial charge in [-0.2, -0.15) is 0 Å². The van der Waals surface area contributed by atoms with Crippen molar-refractivity contribution in [2.45, 2.75) is 37.6 Å². The van der Waals surface area contributed by atoms with Gasteiger partial charge in [0.25, 0.3) is 0 Å². The topological polar surface area (TPSA) is 42.7 Å². The largest absolute Gasteiger partial charge is 0.317 e. The Balaban J connectivity index is 1.86. The van der Waals surface area contributed by atoms with E-state index in [0.29, 0.717) is 0 Å². The van der Waals surface area contributed by atoms with Gasteiger partial charge in [-0.3, -0.25) is 0 Å². The Morgan fingerprint density at radius 3 is 2.65 bits per heavy atom. The molecule has 2 aromatic rings. The van der Waals surface area contributed by atoms with Crippen molar-refractivity contribution in [2.75, 3.05) is 13.1 Å². The van der Waals surface area contributed by atoms with Crippen LogP contribution in [0.5, 0.6) is 0 Å². The van der Waals surface area contributed by atoms with Crippen LogP contribution in [0.3, 0.4) is 0 Å². The molecule has 0 radical (unpaired) electrons. The Labute approximate surface area is 119 Å². The van der Waals surface area contributed by atoms with Gasteiger partial charge in [0.2, 0.25) is 0 Å². The molecule has 0 spiro atoms. The van der Waals surface area contributed by atoms with Crippen molar-refractivity contribution < 1.29 is 0 Å². The molecule has 2 aliphatic rings. The fourth-order valence-electron chi connectivity index (χ4n) is 3.76. The first-order chi connectivity index (χ1) is 9.90. The van der Waals surface area contributed by atoms with Crippen LogP contribution in [-0.2, 0) is 18.4 Å². The number of nitrogens with one attached hydrogen (secondary N) is 1. The van der Waals surface area contributed by atoms with Gasteiger partial charge in [-0.15, -0.1) is 10.2 Å². The van der Waals surface area contributed by atoms with Gasteiger partial charge in [-0.1, -0.05) is 30.3 Å². The van der Waals surface area contributed by atoms with E-state index in [1.54, 1.807) is 0 Å². The van der Waals surface area contributed by atoms with Gasteiger partial charge in [0.05, 0.1) is 5.41 Å². The average Bonchev–Trinajstić information content (AvgIpc) is 3.12. The van der Waals surface area contributed by atoms with Crippen LogP contribution in [0.1, 0.15) is 36.5 Å². The molecule has 4 rings (SSSR count). The zero-order valence-electron chi connectivity index (χ0n) is 11.7. The van der Waals surface area contributed by atoms with E-state index in [1.807, 2.05) is 0 Å². The predicted octanol–water partition coefficient (Wildman–Crippen LogP) is 1.89. The average molecular weight is 268 g/mol. The van der Waals surface area contributed by atoms with E-state index in [4.69, 9.17) is 0 Å². The molecule has 104 valence electrons. The summed E-state index contributed by atoms with van der Waals surface area (Å²) in [6, 6.07) is 10.9. The van der Waals surface area contributed by atoms with Crippen LogP contribution in [0.15, 0.2) is 30.3 Å². The second kappa shape index (κ2) is 4.70. The number of fused-ring (bicyclic) bond motifs is 1. The van der Waals surface area contributed by atoms with Crippen LogP contribution < -0.4 is 5.32 Å². The Bertz CT molecular complexity index is 596. The molecule has 4 heteroatoms. The molecule has 0 unspecified atom stereocenters. The highest BCUT2D eigenvalue weighted by atomic mass is 15.3. The second-order valence-corrected chi connectivity index (χ2v) is 5.89. The van der Waals surface area contributed by atoms with Crippen molar-refractivity contribution in [1.29, 1.82) is 0 Å². The summed E-state index contributed by atoms with van der Waals surface area (Å²) in [5, 5.41) is 12.5. The van der Waals surface area contributed by atoms with Crippen LogP contribution in [0.4, 0.5) is 0 Å². The van der Waals surface area contributed by atoms with E-state index < -0.39 is 0 Å². The highest BCUT2D eigenvalue weighted by Gasteiger charge is 2.41. The van der Waals surface area contributed by atoms with Crippen molar-refractivity contribution in [3.63, 3.8) is 0 Å². The summed E-state index contributed by atoms with van der Waals surface area (Å²) in [6.45, 7) is 3.19. The van der Waals surface area contributed by atoms with E-state index in [9.17, 15) is 0 Å². The molecular formula is C16H20N4. The number of rotatable bonds is 2. The van der Waals surface area contributed by atoms with Crippen LogP contribution >= 0.6 is 0 Å². The summed E-state index contributed by atoms with van der Waals surface area (Å²) in [4.78, 5) is 0. The van der Waals surface area contributed by atoms with Crippen molar-refractivity contribution >= 4 is 0 Å². The number of piperidine rings is 1. The number of aromatic nitrogens is 3. The fourth-order valence-corrected chi connectivity index (χ4v) is 3.76. The van der Waals surface area contributed by atoms with Gasteiger partial charge < -0.3 is 9.88 Å². The molecule has 1 N–H and O–H groups in total. The van der Waals surface area contributed by atoms with E-state index in [0.717, 1.165) is 38.9 Å². The molecule has 3 heterocycles. The number of aryl methyl sites for hydroxylation is 1. The Morgan fingerprint density at radius 2 is 1.85 bits per heavy atom. The molecule has 1 saturated heterocycles. The Kier molecular flexibility index (Phi) is 2.84. The molecule has 1 aromatic carbocycles. The predicted molar refractivity (Wildman–Crippen MR) is 77.7 cm³/mol. The van der Waals surface area contributed by atoms with Gasteiger partial charge in [-0.25, -0.2) is 0 Å². The quantitative estimate of drug-likeness (QED) is 0.904. The normalized spacial score (nSPS) is 20.8. The third-order valence-corrected chi connectivity index (χ3v) is 4.82. The summed E-state index contributed by atoms with van der Waals surface area (Å²) in [5.41, 5.74) is 1.44. The molecular weight excluding hydrogens is 248 g/mol. The van der Waals surface area contributed by atoms with Gasteiger partial charge in [-0.05, 0) is 37.9 Å². The zero-order valence-corrected chi connectivity index (χ0v) is 11.7. The fraction of sp³-hybridized carbons (Fsp3) is 0.500. The lowest BCUT2D eigenvalue weighted by molar-refractivity contribution is 0.335. The lowest BCUT2D eigenvalue weighted by Gasteiger charge is -2.37. The van der Waals surface area contributed by atoms with Crippen LogP contribution in [0, 0.1) is 0 Å². The molecule has 0 aliphatic carbocycles. The highest BCUT2D eigenvalue weighted by molar-refractivity contribution is 5.34. The molecule has 2 aliphatic heterocycles. The number of benzene rings is 1. The highest BCUT2D eigenvalue weighted by Crippen LogP contribution is 2.40. The van der Waals surface area contributed by atoms with Gasteiger partial charge in [0.1, 0.15) is 11.6 Å². The van der Waals surface area contributed by atoms with Crippen LogP contribution in [0.2, 0.25) is 0 Å². The first-order valence-corrected chi connectivity index (χ1v) is 7.59. The van der Waals surface area contributed by atoms with Gasteiger partial charge in [0, 0.05) is 13.0 Å². The van der Waals surface area contributed by atoms with Gasteiger partial charge >= 0.3 is 0 Å². The summed E-state index contributed by atoms with van der Waals surface area (Å²) >= 11 is 0. The van der Waals surface area contributed by atoms with E-state index in [2.05, 4.69) is 50.4 Å². The summed E-state index contributed by atoms with van der Waals surface area (Å²) in [7, 11) is 0. The molecule has 0 saturated carbocycles. The number of hydrogen-bond acceptors (Lipinski definition) is 3. The van der Waals surface area contributed by atoms with Gasteiger partial charge in [0.15, 0.2) is 0 Å². The third kappa shape index (κ3) is 1.71. The Hall–Kier alpha value is -1.68. The molecule has 20 heavy (non-hydrogen) atoms. The second-order valence-electron chi connectivity index (χ2n) is 5.89. The monoisotopic (exact) mass is 268 g/mol. The minimum Gasteiger partial charge on any atom is -0.317 e. The first-order valence-electron chi connectivity index (χ1n) is 7.59. The lowest BCUT2D eigenvalue weighted by atomic mass is 9.72. The smallest absolute Gasteiger partial charge is 0.143 e. The summed E-state index contributed by atoms with van der Waals surface area (Å²) in [5.74, 6) is 2.37. The molecule has 1 aromatic heterocycles. The standard InChI is InChI=1S/C16H20N4/c1-2-5-13(6-3-1)16(8-10-17-11-9-16)15-19-18-14-7-4-12-20(14)15/h1-3,5-6,17H,4,7-12H2. The first kappa shape index (κ1) is 12.1. The maximum atomic E-state index is 4.60. The van der Waals surface area contributed by atoms with Crippen LogP contribution in [-0.4, -0.2) is 27.9 Å².